The van der Waals surface area contributed by atoms with Crippen LogP contribution in [-0.4, -0.2) is 85.9 Å². The van der Waals surface area contributed by atoms with Crippen LogP contribution in [0.4, 0.5) is 27.8 Å². The number of halogens is 1. The quantitative estimate of drug-likeness (QED) is 0.451. The molecule has 1 aromatic carbocycles. The van der Waals surface area contributed by atoms with E-state index in [-0.39, 0.29) is 42.5 Å². The molecule has 0 spiro atoms. The zero-order chi connectivity index (χ0) is 29.5. The monoisotopic (exact) mass is 546 g/mol. The average molecular weight is 547 g/mol. The summed E-state index contributed by atoms with van der Waals surface area (Å²) in [6, 6.07) is 6.12. The Balaban J connectivity index is 1.33. The number of anilines is 4. The van der Waals surface area contributed by atoms with Gasteiger partial charge in [-0.3, -0.25) is 0 Å². The van der Waals surface area contributed by atoms with E-state index >= 15 is 0 Å². The van der Waals surface area contributed by atoms with Gasteiger partial charge in [0.25, 0.3) is 0 Å². The molecule has 12 heteroatoms. The number of ether oxygens (including phenoxy) is 1. The van der Waals surface area contributed by atoms with Gasteiger partial charge in [-0.15, -0.1) is 0 Å². The van der Waals surface area contributed by atoms with Crippen molar-refractivity contribution in [3.63, 3.8) is 0 Å². The third kappa shape index (κ3) is 5.65. The summed E-state index contributed by atoms with van der Waals surface area (Å²) in [7, 11) is -5.67. The van der Waals surface area contributed by atoms with E-state index < -0.39 is 29.2 Å². The first kappa shape index (κ1) is 22.8. The van der Waals surface area contributed by atoms with Crippen molar-refractivity contribution < 1.29 is 21.7 Å². The number of aromatic nitrogens is 4. The normalized spacial score (nSPS) is 22.2. The number of sulfone groups is 1. The van der Waals surface area contributed by atoms with Crippen LogP contribution in [0.25, 0.3) is 10.8 Å². The molecule has 38 heavy (non-hydrogen) atoms. The molecule has 2 atom stereocenters. The maximum absolute atomic E-state index is 14.7. The van der Waals surface area contributed by atoms with Crippen LogP contribution in [0.15, 0.2) is 30.7 Å². The fourth-order valence-corrected chi connectivity index (χ4v) is 6.27. The minimum Gasteiger partial charge on any atom is -0.378 e. The molecule has 0 radical (unpaired) electrons. The molecule has 0 aliphatic carbocycles. The lowest BCUT2D eigenvalue weighted by molar-refractivity contribution is 0.0194. The van der Waals surface area contributed by atoms with Crippen molar-refractivity contribution >= 4 is 44.0 Å². The van der Waals surface area contributed by atoms with Gasteiger partial charge >= 0.3 is 0 Å². The van der Waals surface area contributed by atoms with Crippen LogP contribution in [0, 0.1) is 5.92 Å². The number of rotatable bonds is 8. The largest absolute Gasteiger partial charge is 0.378 e. The van der Waals surface area contributed by atoms with Gasteiger partial charge in [-0.2, -0.15) is 4.98 Å². The standard InChI is InChI=1S/C26H34FN7O3S/c1-16(2)18-5-6-22(34-11-17(12-34)14-38(4,35)36)20-10-28-24(9-19(18)20)31-25-29-15-30-26(32-25)33-8-7-23(37-3)21(27)13-33/h5-6,9-10,15-17,21,23H,7-8,11-14H2,1-4H3,(H,28,29,30,31,32)/t21-,23+/m1/s1/i3D3. The summed E-state index contributed by atoms with van der Waals surface area (Å²) >= 11 is 0. The molecule has 5 rings (SSSR count). The van der Waals surface area contributed by atoms with Crippen molar-refractivity contribution in [2.24, 2.45) is 5.92 Å². The lowest BCUT2D eigenvalue weighted by Crippen LogP contribution is -2.49. The highest BCUT2D eigenvalue weighted by Crippen LogP contribution is 2.37. The second kappa shape index (κ2) is 10.6. The van der Waals surface area contributed by atoms with Gasteiger partial charge < -0.3 is 19.9 Å². The molecule has 2 fully saturated rings. The number of fused-ring (bicyclic) bond motifs is 1. The highest BCUT2D eigenvalue weighted by Gasteiger charge is 2.32. The summed E-state index contributed by atoms with van der Waals surface area (Å²) in [5, 5.41) is 5.13. The maximum Gasteiger partial charge on any atom is 0.233 e. The Morgan fingerprint density at radius 1 is 1.18 bits per heavy atom. The van der Waals surface area contributed by atoms with Gasteiger partial charge in [0.05, 0.1) is 22.5 Å². The number of piperidine rings is 1. The summed E-state index contributed by atoms with van der Waals surface area (Å²) in [5.41, 5.74) is 2.16. The van der Waals surface area contributed by atoms with E-state index in [0.29, 0.717) is 25.5 Å². The average Bonchev–Trinajstić information content (AvgIpc) is 2.85. The molecular weight excluding hydrogens is 509 g/mol. The molecule has 2 aliphatic rings. The van der Waals surface area contributed by atoms with E-state index in [4.69, 9.17) is 8.85 Å². The molecule has 10 nitrogen and oxygen atoms in total. The van der Waals surface area contributed by atoms with Crippen molar-refractivity contribution in [1.82, 2.24) is 19.9 Å². The lowest BCUT2D eigenvalue weighted by Gasteiger charge is -2.41. The molecule has 0 bridgehead atoms. The molecule has 204 valence electrons. The molecule has 2 aromatic heterocycles. The van der Waals surface area contributed by atoms with E-state index in [1.54, 1.807) is 11.1 Å². The molecular formula is C26H34FN7O3S. The van der Waals surface area contributed by atoms with Crippen LogP contribution in [0.1, 0.15) is 35.9 Å². The zero-order valence-electron chi connectivity index (χ0n) is 24.6. The first-order valence-electron chi connectivity index (χ1n) is 14.1. The van der Waals surface area contributed by atoms with Gasteiger partial charge in [0.15, 0.2) is 0 Å². The second-order valence-electron chi connectivity index (χ2n) is 10.4. The first-order chi connectivity index (χ1) is 19.3. The lowest BCUT2D eigenvalue weighted by atomic mass is 9.93. The van der Waals surface area contributed by atoms with Crippen molar-refractivity contribution in [3.05, 3.63) is 36.3 Å². The Bertz CT molecular complexity index is 1520. The van der Waals surface area contributed by atoms with E-state index in [1.165, 1.54) is 12.6 Å². The van der Waals surface area contributed by atoms with E-state index in [0.717, 1.165) is 22.0 Å². The van der Waals surface area contributed by atoms with E-state index in [1.807, 2.05) is 6.07 Å². The molecule has 3 aromatic rings. The third-order valence-corrected chi connectivity index (χ3v) is 8.16. The Morgan fingerprint density at radius 2 is 2.00 bits per heavy atom. The van der Waals surface area contributed by atoms with Crippen LogP contribution in [0.3, 0.4) is 0 Å². The maximum atomic E-state index is 14.7. The fourth-order valence-electron chi connectivity index (χ4n) is 5.21. The van der Waals surface area contributed by atoms with Crippen LogP contribution < -0.4 is 15.1 Å². The highest BCUT2D eigenvalue weighted by molar-refractivity contribution is 7.90. The minimum absolute atomic E-state index is 0.0967. The topological polar surface area (TPSA) is 113 Å². The van der Waals surface area contributed by atoms with Crippen LogP contribution in [0.5, 0.6) is 0 Å². The van der Waals surface area contributed by atoms with Crippen molar-refractivity contribution in [1.29, 1.82) is 0 Å². The number of pyridine rings is 1. The molecule has 4 heterocycles. The van der Waals surface area contributed by atoms with Crippen molar-refractivity contribution in [3.8, 4) is 0 Å². The first-order valence-corrected chi connectivity index (χ1v) is 14.7. The SMILES string of the molecule is [2H]C([2H])([2H])O[C@H]1CCN(c2ncnc(Nc3cc4c(C(C)C)ccc(N5CC(CS(C)(=O)=O)C5)c4cn3)n2)C[C@H]1F. The molecule has 1 N–H and O–H groups in total. The van der Waals surface area contributed by atoms with Gasteiger partial charge in [-0.25, -0.2) is 27.8 Å². The number of hydrogen-bond acceptors (Lipinski definition) is 10. The Hall–Kier alpha value is -3.12. The molecule has 2 aliphatic heterocycles. The number of nitrogens with zero attached hydrogens (tertiary/aromatic N) is 6. The fraction of sp³-hybridized carbons (Fsp3) is 0.538. The zero-order valence-corrected chi connectivity index (χ0v) is 22.4. The van der Waals surface area contributed by atoms with Crippen molar-refractivity contribution in [2.75, 3.05) is 60.3 Å². The van der Waals surface area contributed by atoms with Gasteiger partial charge in [0, 0.05) is 56.1 Å². The summed E-state index contributed by atoms with van der Waals surface area (Å²) in [6.07, 6.45) is 2.08. The number of benzene rings is 1. The van der Waals surface area contributed by atoms with Crippen LogP contribution in [-0.2, 0) is 14.6 Å². The molecule has 0 saturated carbocycles. The minimum atomic E-state index is -3.02. The van der Waals surface area contributed by atoms with Crippen LogP contribution >= 0.6 is 0 Å². The Kier molecular flexibility index (Phi) is 6.35. The summed E-state index contributed by atoms with van der Waals surface area (Å²) in [5.74, 6) is 1.60. The summed E-state index contributed by atoms with van der Waals surface area (Å²) in [4.78, 5) is 21.3. The van der Waals surface area contributed by atoms with Crippen molar-refractivity contribution in [2.45, 2.75) is 38.5 Å². The van der Waals surface area contributed by atoms with Gasteiger partial charge in [-0.1, -0.05) is 19.9 Å². The van der Waals surface area contributed by atoms with Gasteiger partial charge in [0.2, 0.25) is 11.9 Å². The summed E-state index contributed by atoms with van der Waals surface area (Å²) < 4.78 is 64.7. The van der Waals surface area contributed by atoms with Crippen LogP contribution in [0.2, 0.25) is 0 Å². The number of methoxy groups -OCH3 is 1. The van der Waals surface area contributed by atoms with Gasteiger partial charge in [0.1, 0.15) is 28.2 Å². The number of hydrogen-bond donors (Lipinski definition) is 1. The highest BCUT2D eigenvalue weighted by atomic mass is 32.2. The third-order valence-electron chi connectivity index (χ3n) is 7.08. The number of nitrogens with one attached hydrogen (secondary N) is 1. The second-order valence-corrected chi connectivity index (χ2v) is 12.6. The predicted octanol–water partition coefficient (Wildman–Crippen LogP) is 3.33. The Morgan fingerprint density at radius 3 is 2.71 bits per heavy atom. The number of alkyl halides is 1. The van der Waals surface area contributed by atoms with Gasteiger partial charge in [-0.05, 0) is 35.4 Å². The summed E-state index contributed by atoms with van der Waals surface area (Å²) in [6.45, 7) is 5.83. The Labute approximate surface area is 226 Å². The smallest absolute Gasteiger partial charge is 0.233 e. The molecule has 2 saturated heterocycles. The van der Waals surface area contributed by atoms with E-state index in [2.05, 4.69) is 56.1 Å². The molecule has 0 amide bonds. The molecule has 0 unspecified atom stereocenters. The predicted molar refractivity (Wildman–Crippen MR) is 147 cm³/mol. The van der Waals surface area contributed by atoms with E-state index in [9.17, 15) is 12.8 Å².